The second kappa shape index (κ2) is 8.08. The molecule has 0 aromatic rings. The topological polar surface area (TPSA) is 21.7 Å². The Labute approximate surface area is 93.7 Å². The van der Waals surface area contributed by atoms with Gasteiger partial charge >= 0.3 is 0 Å². The number of hydrogen-bond donors (Lipinski definition) is 0. The van der Waals surface area contributed by atoms with E-state index < -0.39 is 0 Å². The van der Waals surface area contributed by atoms with Gasteiger partial charge in [0.05, 0.1) is 0 Å². The van der Waals surface area contributed by atoms with Crippen LogP contribution in [-0.2, 0) is 9.47 Å². The summed E-state index contributed by atoms with van der Waals surface area (Å²) in [5.74, 6) is 0. The zero-order valence-electron chi connectivity index (χ0n) is 10.2. The minimum absolute atomic E-state index is 0.678. The molecule has 0 bridgehead atoms. The first kappa shape index (κ1) is 12.9. The van der Waals surface area contributed by atoms with Crippen LogP contribution in [0.3, 0.4) is 0 Å². The maximum Gasteiger partial charge on any atom is 0.101 e. The number of ether oxygens (including phenoxy) is 2. The van der Waals surface area contributed by atoms with Crippen LogP contribution in [0.1, 0.15) is 46.0 Å². The highest BCUT2D eigenvalue weighted by Crippen LogP contribution is 2.22. The van der Waals surface area contributed by atoms with Crippen molar-refractivity contribution < 1.29 is 9.47 Å². The molecule has 90 valence electrons. The van der Waals surface area contributed by atoms with Gasteiger partial charge in [-0.1, -0.05) is 19.3 Å². The quantitative estimate of drug-likeness (QED) is 0.609. The molecule has 0 aromatic heterocycles. The van der Waals surface area contributed by atoms with Gasteiger partial charge in [0.15, 0.2) is 0 Å². The molecule has 0 unspecified atom stereocenters. The molecule has 1 aliphatic carbocycles. The molecule has 1 fully saturated rings. The molecule has 0 saturated heterocycles. The maximum absolute atomic E-state index is 5.49. The molecule has 0 N–H and O–H groups in total. The summed E-state index contributed by atoms with van der Waals surface area (Å²) in [6, 6.07) is 0.678. The fraction of sp³-hybridized carbons (Fsp3) is 1.00. The smallest absolute Gasteiger partial charge is 0.101 e. The predicted octanol–water partition coefficient (Wildman–Crippen LogP) is 2.61. The van der Waals surface area contributed by atoms with Gasteiger partial charge in [-0.05, 0) is 26.7 Å². The lowest BCUT2D eigenvalue weighted by atomic mass is 9.95. The standard InChI is InChI=1S/C12H25NO2/c1-3-14-10-13(11-15-4-2)12-8-6-5-7-9-12/h12H,3-11H2,1-2H3. The lowest BCUT2D eigenvalue weighted by molar-refractivity contribution is -0.0679. The Balaban J connectivity index is 2.30. The van der Waals surface area contributed by atoms with Crippen molar-refractivity contribution in [1.82, 2.24) is 4.90 Å². The molecule has 0 atom stereocenters. The van der Waals surface area contributed by atoms with Gasteiger partial charge < -0.3 is 9.47 Å². The van der Waals surface area contributed by atoms with Gasteiger partial charge in [0.1, 0.15) is 13.5 Å². The summed E-state index contributed by atoms with van der Waals surface area (Å²) in [5.41, 5.74) is 0. The SMILES string of the molecule is CCOCN(COCC)C1CCCCC1. The zero-order valence-corrected chi connectivity index (χ0v) is 10.2. The van der Waals surface area contributed by atoms with Crippen LogP contribution in [0.15, 0.2) is 0 Å². The van der Waals surface area contributed by atoms with Gasteiger partial charge in [-0.15, -0.1) is 0 Å². The van der Waals surface area contributed by atoms with Crippen molar-refractivity contribution in [3.8, 4) is 0 Å². The molecule has 0 amide bonds. The third kappa shape index (κ3) is 4.96. The van der Waals surface area contributed by atoms with Gasteiger partial charge in [0, 0.05) is 19.3 Å². The molecule has 0 aliphatic heterocycles. The van der Waals surface area contributed by atoms with Crippen molar-refractivity contribution in [3.05, 3.63) is 0 Å². The number of hydrogen-bond acceptors (Lipinski definition) is 3. The maximum atomic E-state index is 5.49. The normalized spacial score (nSPS) is 18.6. The Morgan fingerprint density at radius 2 is 1.47 bits per heavy atom. The molecule has 1 rings (SSSR count). The summed E-state index contributed by atoms with van der Waals surface area (Å²) in [4.78, 5) is 2.34. The second-order valence-electron chi connectivity index (χ2n) is 4.12. The van der Waals surface area contributed by atoms with Crippen LogP contribution in [0.25, 0.3) is 0 Å². The van der Waals surface area contributed by atoms with E-state index in [4.69, 9.17) is 9.47 Å². The number of nitrogens with zero attached hydrogens (tertiary/aromatic N) is 1. The fourth-order valence-corrected chi connectivity index (χ4v) is 2.11. The molecular weight excluding hydrogens is 190 g/mol. The van der Waals surface area contributed by atoms with Gasteiger partial charge in [-0.3, -0.25) is 4.90 Å². The monoisotopic (exact) mass is 215 g/mol. The van der Waals surface area contributed by atoms with Crippen molar-refractivity contribution in [3.63, 3.8) is 0 Å². The molecule has 1 saturated carbocycles. The summed E-state index contributed by atoms with van der Waals surface area (Å²) >= 11 is 0. The van der Waals surface area contributed by atoms with Crippen LogP contribution < -0.4 is 0 Å². The summed E-state index contributed by atoms with van der Waals surface area (Å²) in [7, 11) is 0. The van der Waals surface area contributed by atoms with E-state index in [1.807, 2.05) is 13.8 Å². The van der Waals surface area contributed by atoms with Crippen LogP contribution in [0.5, 0.6) is 0 Å². The van der Waals surface area contributed by atoms with Crippen molar-refractivity contribution in [2.75, 3.05) is 26.7 Å². The van der Waals surface area contributed by atoms with E-state index in [2.05, 4.69) is 4.90 Å². The first-order valence-electron chi connectivity index (χ1n) is 6.28. The minimum Gasteiger partial charge on any atom is -0.366 e. The van der Waals surface area contributed by atoms with Crippen LogP contribution in [0, 0.1) is 0 Å². The predicted molar refractivity (Wildman–Crippen MR) is 61.7 cm³/mol. The Kier molecular flexibility index (Phi) is 6.98. The van der Waals surface area contributed by atoms with E-state index in [0.717, 1.165) is 26.7 Å². The summed E-state index contributed by atoms with van der Waals surface area (Å²) < 4.78 is 11.0. The molecule has 3 heteroatoms. The zero-order chi connectivity index (χ0) is 10.9. The van der Waals surface area contributed by atoms with E-state index in [1.54, 1.807) is 0 Å². The number of rotatable bonds is 7. The second-order valence-corrected chi connectivity index (χ2v) is 4.12. The highest BCUT2D eigenvalue weighted by atomic mass is 16.5. The van der Waals surface area contributed by atoms with E-state index >= 15 is 0 Å². The van der Waals surface area contributed by atoms with Crippen molar-refractivity contribution in [2.45, 2.75) is 52.0 Å². The average Bonchev–Trinajstić information content (AvgIpc) is 2.30. The third-order valence-electron chi connectivity index (χ3n) is 3.01. The minimum atomic E-state index is 0.678. The summed E-state index contributed by atoms with van der Waals surface area (Å²) in [6.45, 7) is 7.10. The van der Waals surface area contributed by atoms with Crippen molar-refractivity contribution in [2.24, 2.45) is 0 Å². The van der Waals surface area contributed by atoms with Gasteiger partial charge in [0.2, 0.25) is 0 Å². The Hall–Kier alpha value is -0.120. The van der Waals surface area contributed by atoms with Crippen LogP contribution in [0.4, 0.5) is 0 Å². The fourth-order valence-electron chi connectivity index (χ4n) is 2.11. The van der Waals surface area contributed by atoms with Gasteiger partial charge in [0.25, 0.3) is 0 Å². The largest absolute Gasteiger partial charge is 0.366 e. The Morgan fingerprint density at radius 1 is 0.933 bits per heavy atom. The van der Waals surface area contributed by atoms with E-state index in [0.29, 0.717) is 6.04 Å². The third-order valence-corrected chi connectivity index (χ3v) is 3.01. The molecule has 3 nitrogen and oxygen atoms in total. The molecular formula is C12H25NO2. The molecule has 0 aromatic carbocycles. The van der Waals surface area contributed by atoms with E-state index in [9.17, 15) is 0 Å². The van der Waals surface area contributed by atoms with Crippen LogP contribution in [0.2, 0.25) is 0 Å². The van der Waals surface area contributed by atoms with Crippen LogP contribution in [-0.4, -0.2) is 37.6 Å². The average molecular weight is 215 g/mol. The Bertz CT molecular complexity index is 139. The molecule has 0 radical (unpaired) electrons. The highest BCUT2D eigenvalue weighted by Gasteiger charge is 2.20. The first-order valence-corrected chi connectivity index (χ1v) is 6.28. The lowest BCUT2D eigenvalue weighted by Gasteiger charge is -2.33. The Morgan fingerprint density at radius 3 is 1.93 bits per heavy atom. The van der Waals surface area contributed by atoms with Crippen molar-refractivity contribution >= 4 is 0 Å². The van der Waals surface area contributed by atoms with Crippen LogP contribution >= 0.6 is 0 Å². The van der Waals surface area contributed by atoms with E-state index in [-0.39, 0.29) is 0 Å². The molecule has 1 aliphatic rings. The first-order chi connectivity index (χ1) is 7.38. The summed E-state index contributed by atoms with van der Waals surface area (Å²) in [6.07, 6.45) is 6.73. The molecule has 15 heavy (non-hydrogen) atoms. The van der Waals surface area contributed by atoms with Crippen molar-refractivity contribution in [1.29, 1.82) is 0 Å². The van der Waals surface area contributed by atoms with E-state index in [1.165, 1.54) is 32.1 Å². The summed E-state index contributed by atoms with van der Waals surface area (Å²) in [5, 5.41) is 0. The van der Waals surface area contributed by atoms with Gasteiger partial charge in [-0.25, -0.2) is 0 Å². The molecule has 0 spiro atoms. The lowest BCUT2D eigenvalue weighted by Crippen LogP contribution is -2.40. The molecule has 0 heterocycles. The van der Waals surface area contributed by atoms with Gasteiger partial charge in [-0.2, -0.15) is 0 Å². The highest BCUT2D eigenvalue weighted by molar-refractivity contribution is 4.72.